The van der Waals surface area contributed by atoms with Crippen LogP contribution in [0, 0.1) is 0 Å². The van der Waals surface area contributed by atoms with Gasteiger partial charge in [-0.15, -0.1) is 0 Å². The Morgan fingerprint density at radius 1 is 0.850 bits per heavy atom. The van der Waals surface area contributed by atoms with Gasteiger partial charge in [-0.2, -0.15) is 0 Å². The van der Waals surface area contributed by atoms with Gasteiger partial charge in [0, 0.05) is 17.1 Å². The molecule has 0 aliphatic rings. The lowest BCUT2D eigenvalue weighted by Gasteiger charge is -2.22. The predicted molar refractivity (Wildman–Crippen MR) is 87.9 cm³/mol. The van der Waals surface area contributed by atoms with E-state index in [1.54, 1.807) is 6.07 Å². The Kier molecular flexibility index (Phi) is 5.34. The monoisotopic (exact) mass is 327 g/mol. The van der Waals surface area contributed by atoms with E-state index in [-0.39, 0.29) is 12.1 Å². The van der Waals surface area contributed by atoms with Crippen LogP contribution in [-0.4, -0.2) is 0 Å². The molecule has 20 heavy (non-hydrogen) atoms. The second-order valence-electron chi connectivity index (χ2n) is 4.80. The number of rotatable bonds is 4. The summed E-state index contributed by atoms with van der Waals surface area (Å²) in [5.41, 5.74) is 2.18. The molecule has 0 saturated heterocycles. The van der Waals surface area contributed by atoms with Crippen LogP contribution in [0.2, 0.25) is 15.1 Å². The van der Waals surface area contributed by atoms with Crippen LogP contribution in [-0.2, 0) is 0 Å². The largest absolute Gasteiger partial charge is 0.304 e. The lowest BCUT2D eigenvalue weighted by molar-refractivity contribution is 0.495. The van der Waals surface area contributed by atoms with Crippen molar-refractivity contribution in [2.45, 2.75) is 25.9 Å². The van der Waals surface area contributed by atoms with Crippen LogP contribution in [0.5, 0.6) is 0 Å². The minimum absolute atomic E-state index is 0.104. The molecule has 0 radical (unpaired) electrons. The zero-order chi connectivity index (χ0) is 14.7. The fourth-order valence-electron chi connectivity index (χ4n) is 2.17. The molecular formula is C16H16Cl3N. The molecule has 0 bridgehead atoms. The maximum absolute atomic E-state index is 6.25. The summed E-state index contributed by atoms with van der Waals surface area (Å²) in [5, 5.41) is 5.45. The summed E-state index contributed by atoms with van der Waals surface area (Å²) in [6.45, 7) is 4.18. The minimum atomic E-state index is 0.104. The van der Waals surface area contributed by atoms with Gasteiger partial charge in [-0.3, -0.25) is 0 Å². The molecule has 2 rings (SSSR count). The smallest absolute Gasteiger partial charge is 0.0639 e. The number of benzene rings is 2. The van der Waals surface area contributed by atoms with Crippen LogP contribution >= 0.6 is 34.8 Å². The molecule has 106 valence electrons. The molecular weight excluding hydrogens is 313 g/mol. The third-order valence-corrected chi connectivity index (χ3v) is 4.40. The van der Waals surface area contributed by atoms with Gasteiger partial charge in [0.15, 0.2) is 0 Å². The molecule has 4 heteroatoms. The molecule has 0 aliphatic carbocycles. The van der Waals surface area contributed by atoms with Gasteiger partial charge in [0.1, 0.15) is 0 Å². The average Bonchev–Trinajstić information content (AvgIpc) is 2.42. The highest BCUT2D eigenvalue weighted by atomic mass is 35.5. The van der Waals surface area contributed by atoms with Gasteiger partial charge in [-0.05, 0) is 43.2 Å². The molecule has 0 heterocycles. The van der Waals surface area contributed by atoms with Gasteiger partial charge in [0.05, 0.1) is 10.0 Å². The normalized spacial score (nSPS) is 14.1. The van der Waals surface area contributed by atoms with Crippen LogP contribution in [0.15, 0.2) is 42.5 Å². The molecule has 2 aromatic carbocycles. The van der Waals surface area contributed by atoms with Crippen molar-refractivity contribution in [1.82, 2.24) is 5.32 Å². The van der Waals surface area contributed by atoms with Gasteiger partial charge in [-0.25, -0.2) is 0 Å². The first-order valence-electron chi connectivity index (χ1n) is 6.44. The maximum Gasteiger partial charge on any atom is 0.0639 e. The first-order valence-corrected chi connectivity index (χ1v) is 7.58. The molecule has 0 amide bonds. The molecule has 0 saturated carbocycles. The van der Waals surface area contributed by atoms with Gasteiger partial charge < -0.3 is 5.32 Å². The van der Waals surface area contributed by atoms with Crippen LogP contribution < -0.4 is 5.32 Å². The van der Waals surface area contributed by atoms with E-state index in [0.29, 0.717) is 10.0 Å². The first-order chi connectivity index (χ1) is 9.49. The molecule has 0 fully saturated rings. The van der Waals surface area contributed by atoms with E-state index < -0.39 is 0 Å². The second kappa shape index (κ2) is 6.82. The fourth-order valence-corrected chi connectivity index (χ4v) is 2.76. The average molecular weight is 329 g/mol. The van der Waals surface area contributed by atoms with Crippen molar-refractivity contribution in [1.29, 1.82) is 0 Å². The van der Waals surface area contributed by atoms with E-state index in [0.717, 1.165) is 10.6 Å². The zero-order valence-corrected chi connectivity index (χ0v) is 13.6. The molecule has 1 N–H and O–H groups in total. The highest BCUT2D eigenvalue weighted by Crippen LogP contribution is 2.31. The van der Waals surface area contributed by atoms with Crippen molar-refractivity contribution in [3.05, 3.63) is 68.7 Å². The summed E-state index contributed by atoms with van der Waals surface area (Å²) >= 11 is 18.2. The van der Waals surface area contributed by atoms with Crippen molar-refractivity contribution in [2.75, 3.05) is 0 Å². The summed E-state index contributed by atoms with van der Waals surface area (Å²) in [6, 6.07) is 13.8. The van der Waals surface area contributed by atoms with E-state index in [9.17, 15) is 0 Å². The highest BCUT2D eigenvalue weighted by Gasteiger charge is 2.15. The summed E-state index contributed by atoms with van der Waals surface area (Å²) in [7, 11) is 0. The minimum Gasteiger partial charge on any atom is -0.304 e. The van der Waals surface area contributed by atoms with Crippen LogP contribution in [0.4, 0.5) is 0 Å². The highest BCUT2D eigenvalue weighted by molar-refractivity contribution is 6.42. The molecule has 2 aromatic rings. The lowest BCUT2D eigenvalue weighted by atomic mass is 10.0. The summed E-state index contributed by atoms with van der Waals surface area (Å²) < 4.78 is 0. The van der Waals surface area contributed by atoms with Gasteiger partial charge in [0.2, 0.25) is 0 Å². The SMILES string of the molecule is CC(NC(C)c1cccc(Cl)c1Cl)c1ccc(Cl)cc1. The molecule has 2 unspecified atom stereocenters. The number of hydrogen-bond donors (Lipinski definition) is 1. The quantitative estimate of drug-likeness (QED) is 0.719. The van der Waals surface area contributed by atoms with Crippen LogP contribution in [0.1, 0.15) is 37.1 Å². The van der Waals surface area contributed by atoms with Crippen LogP contribution in [0.25, 0.3) is 0 Å². The van der Waals surface area contributed by atoms with E-state index in [1.165, 1.54) is 5.56 Å². The molecule has 0 aliphatic heterocycles. The molecule has 1 nitrogen and oxygen atoms in total. The van der Waals surface area contributed by atoms with E-state index >= 15 is 0 Å². The number of hydrogen-bond acceptors (Lipinski definition) is 1. The number of nitrogens with one attached hydrogen (secondary N) is 1. The lowest BCUT2D eigenvalue weighted by Crippen LogP contribution is -2.22. The zero-order valence-electron chi connectivity index (χ0n) is 11.3. The Labute approximate surface area is 134 Å². The maximum atomic E-state index is 6.25. The number of halogens is 3. The second-order valence-corrected chi connectivity index (χ2v) is 6.03. The predicted octanol–water partition coefficient (Wildman–Crippen LogP) is 6.06. The van der Waals surface area contributed by atoms with Crippen molar-refractivity contribution in [2.24, 2.45) is 0 Å². The Hall–Kier alpha value is -0.730. The van der Waals surface area contributed by atoms with Crippen molar-refractivity contribution >= 4 is 34.8 Å². The van der Waals surface area contributed by atoms with E-state index in [1.807, 2.05) is 36.4 Å². The third kappa shape index (κ3) is 3.67. The summed E-state index contributed by atoms with van der Waals surface area (Å²) in [5.74, 6) is 0. The fraction of sp³-hybridized carbons (Fsp3) is 0.250. The molecule has 0 spiro atoms. The summed E-state index contributed by atoms with van der Waals surface area (Å²) in [4.78, 5) is 0. The first kappa shape index (κ1) is 15.7. The topological polar surface area (TPSA) is 12.0 Å². The molecule has 0 aromatic heterocycles. The van der Waals surface area contributed by atoms with E-state index in [4.69, 9.17) is 34.8 Å². The van der Waals surface area contributed by atoms with Crippen LogP contribution in [0.3, 0.4) is 0 Å². The van der Waals surface area contributed by atoms with Crippen molar-refractivity contribution in [3.8, 4) is 0 Å². The van der Waals surface area contributed by atoms with Gasteiger partial charge in [-0.1, -0.05) is 59.1 Å². The van der Waals surface area contributed by atoms with E-state index in [2.05, 4.69) is 19.2 Å². The van der Waals surface area contributed by atoms with Gasteiger partial charge >= 0.3 is 0 Å². The Morgan fingerprint density at radius 2 is 1.50 bits per heavy atom. The summed E-state index contributed by atoms with van der Waals surface area (Å²) in [6.07, 6.45) is 0. The van der Waals surface area contributed by atoms with Crippen molar-refractivity contribution < 1.29 is 0 Å². The standard InChI is InChI=1S/C16H16Cl3N/c1-10(12-6-8-13(17)9-7-12)20-11(2)14-4-3-5-15(18)16(14)19/h3-11,20H,1-2H3. The van der Waals surface area contributed by atoms with Crippen molar-refractivity contribution in [3.63, 3.8) is 0 Å². The molecule has 2 atom stereocenters. The third-order valence-electron chi connectivity index (χ3n) is 3.32. The Bertz CT molecular complexity index is 581. The van der Waals surface area contributed by atoms with Gasteiger partial charge in [0.25, 0.3) is 0 Å². The Balaban J connectivity index is 2.13. The Morgan fingerprint density at radius 3 is 2.15 bits per heavy atom.